The van der Waals surface area contributed by atoms with Crippen molar-refractivity contribution in [1.82, 2.24) is 14.9 Å². The van der Waals surface area contributed by atoms with Gasteiger partial charge in [-0.2, -0.15) is 0 Å². The maximum absolute atomic E-state index is 12.5. The van der Waals surface area contributed by atoms with Gasteiger partial charge < -0.3 is 15.2 Å². The number of para-hydroxylation sites is 1. The van der Waals surface area contributed by atoms with Gasteiger partial charge in [0.05, 0.1) is 0 Å². The van der Waals surface area contributed by atoms with E-state index in [0.717, 1.165) is 16.6 Å². The second kappa shape index (κ2) is 8.37. The number of amides is 2. The number of halogens is 1. The molecule has 2 heterocycles. The first-order valence-corrected chi connectivity index (χ1v) is 9.74. The number of urea groups is 1. The first-order chi connectivity index (χ1) is 14.1. The van der Waals surface area contributed by atoms with Crippen molar-refractivity contribution in [3.8, 4) is 0 Å². The van der Waals surface area contributed by atoms with Gasteiger partial charge in [0.1, 0.15) is 0 Å². The van der Waals surface area contributed by atoms with Crippen LogP contribution in [0.15, 0.2) is 79.3 Å². The van der Waals surface area contributed by atoms with E-state index in [0.29, 0.717) is 17.3 Å². The van der Waals surface area contributed by atoms with E-state index >= 15 is 0 Å². The average Bonchev–Trinajstić information content (AvgIpc) is 3.06. The van der Waals surface area contributed by atoms with Crippen LogP contribution in [0.3, 0.4) is 0 Å². The van der Waals surface area contributed by atoms with Gasteiger partial charge in [-0.1, -0.05) is 41.9 Å². The Morgan fingerprint density at radius 2 is 2.00 bits per heavy atom. The molecule has 2 aromatic carbocycles. The van der Waals surface area contributed by atoms with Crippen molar-refractivity contribution in [3.63, 3.8) is 0 Å². The molecule has 4 aromatic rings. The molecule has 0 fully saturated rings. The van der Waals surface area contributed by atoms with E-state index < -0.39 is 0 Å². The third-order valence-corrected chi connectivity index (χ3v) is 5.17. The molecule has 0 bridgehead atoms. The lowest BCUT2D eigenvalue weighted by Crippen LogP contribution is -2.32. The Hall–Kier alpha value is -3.31. The first-order valence-electron chi connectivity index (χ1n) is 9.36. The van der Waals surface area contributed by atoms with Gasteiger partial charge in [-0.3, -0.25) is 4.98 Å². The molecule has 5 nitrogen and oxygen atoms in total. The number of aromatic nitrogens is 2. The fourth-order valence-corrected chi connectivity index (χ4v) is 3.77. The topological polar surface area (TPSA) is 59.0 Å². The Labute approximate surface area is 174 Å². The molecule has 1 atom stereocenters. The van der Waals surface area contributed by atoms with E-state index in [1.807, 2.05) is 37.5 Å². The van der Waals surface area contributed by atoms with Crippen molar-refractivity contribution in [2.75, 3.05) is 11.9 Å². The number of nitrogens with one attached hydrogen (secondary N) is 2. The minimum Gasteiger partial charge on any atom is -0.350 e. The summed E-state index contributed by atoms with van der Waals surface area (Å²) in [6, 6.07) is 19.0. The predicted molar refractivity (Wildman–Crippen MR) is 117 cm³/mol. The van der Waals surface area contributed by atoms with Crippen molar-refractivity contribution in [1.29, 1.82) is 0 Å². The van der Waals surface area contributed by atoms with Crippen molar-refractivity contribution in [3.05, 3.63) is 95.4 Å². The van der Waals surface area contributed by atoms with Crippen LogP contribution in [-0.4, -0.2) is 22.1 Å². The van der Waals surface area contributed by atoms with Crippen LogP contribution >= 0.6 is 11.6 Å². The summed E-state index contributed by atoms with van der Waals surface area (Å²) in [5.74, 6) is -0.0279. The smallest absolute Gasteiger partial charge is 0.319 e. The lowest BCUT2D eigenvalue weighted by Gasteiger charge is -2.18. The summed E-state index contributed by atoms with van der Waals surface area (Å²) in [5.41, 5.74) is 4.00. The number of benzene rings is 2. The molecule has 6 heteroatoms. The fraction of sp³-hybridized carbons (Fsp3) is 0.130. The normalized spacial score (nSPS) is 11.9. The lowest BCUT2D eigenvalue weighted by molar-refractivity contribution is 0.252. The summed E-state index contributed by atoms with van der Waals surface area (Å²) >= 11 is 5.99. The quantitative estimate of drug-likeness (QED) is 0.481. The van der Waals surface area contributed by atoms with Crippen LogP contribution in [0.4, 0.5) is 10.5 Å². The van der Waals surface area contributed by atoms with Crippen molar-refractivity contribution >= 4 is 34.2 Å². The van der Waals surface area contributed by atoms with E-state index in [1.165, 1.54) is 5.39 Å². The average molecular weight is 405 g/mol. The fourth-order valence-electron chi connectivity index (χ4n) is 3.58. The first kappa shape index (κ1) is 19.0. The molecule has 1 unspecified atom stereocenters. The van der Waals surface area contributed by atoms with E-state index in [2.05, 4.69) is 38.5 Å². The lowest BCUT2D eigenvalue weighted by atomic mass is 9.92. The van der Waals surface area contributed by atoms with Gasteiger partial charge in [0.2, 0.25) is 0 Å². The molecule has 0 aliphatic heterocycles. The number of nitrogens with zero attached hydrogens (tertiary/aromatic N) is 2. The molecule has 0 saturated heterocycles. The Bertz CT molecular complexity index is 1140. The number of hydrogen-bond acceptors (Lipinski definition) is 2. The molecule has 2 amide bonds. The Kier molecular flexibility index (Phi) is 5.49. The standard InChI is InChI=1S/C23H21ClN4O/c1-28-15-21(19-9-2-3-10-22(19)28)20(16-6-5-11-25-13-16)14-26-23(29)27-18-8-4-7-17(24)12-18/h2-13,15,20H,14H2,1H3,(H2,26,27,29). The minimum absolute atomic E-state index is 0.0279. The van der Waals surface area contributed by atoms with E-state index in [9.17, 15) is 4.79 Å². The summed E-state index contributed by atoms with van der Waals surface area (Å²) in [4.78, 5) is 16.7. The number of carbonyl (C=O) groups is 1. The number of aryl methyl sites for hydroxylation is 1. The number of pyridine rings is 1. The van der Waals surface area contributed by atoms with Gasteiger partial charge in [0, 0.05) is 59.7 Å². The molecule has 2 aromatic heterocycles. The second-order valence-electron chi connectivity index (χ2n) is 6.90. The molecule has 4 rings (SSSR count). The number of anilines is 1. The highest BCUT2D eigenvalue weighted by Crippen LogP contribution is 2.31. The zero-order valence-electron chi connectivity index (χ0n) is 16.0. The summed E-state index contributed by atoms with van der Waals surface area (Å²) in [6.07, 6.45) is 5.73. The number of hydrogen-bond donors (Lipinski definition) is 2. The van der Waals surface area contributed by atoms with Crippen molar-refractivity contribution < 1.29 is 4.79 Å². The molecule has 29 heavy (non-hydrogen) atoms. The molecule has 0 spiro atoms. The maximum Gasteiger partial charge on any atom is 0.319 e. The molecule has 0 radical (unpaired) electrons. The van der Waals surface area contributed by atoms with E-state index in [-0.39, 0.29) is 11.9 Å². The third kappa shape index (κ3) is 4.25. The van der Waals surface area contributed by atoms with Crippen molar-refractivity contribution in [2.45, 2.75) is 5.92 Å². The van der Waals surface area contributed by atoms with Gasteiger partial charge in [0.25, 0.3) is 0 Å². The zero-order chi connectivity index (χ0) is 20.2. The van der Waals surface area contributed by atoms with Crippen LogP contribution in [0.1, 0.15) is 17.0 Å². The molecule has 0 aliphatic rings. The van der Waals surface area contributed by atoms with Crippen LogP contribution < -0.4 is 10.6 Å². The highest BCUT2D eigenvalue weighted by atomic mass is 35.5. The maximum atomic E-state index is 12.5. The number of carbonyl (C=O) groups excluding carboxylic acids is 1. The SMILES string of the molecule is Cn1cc(C(CNC(=O)Nc2cccc(Cl)c2)c2cccnc2)c2ccccc21. The van der Waals surface area contributed by atoms with Gasteiger partial charge in [-0.05, 0) is 41.5 Å². The van der Waals surface area contributed by atoms with Gasteiger partial charge in [-0.25, -0.2) is 4.79 Å². The summed E-state index contributed by atoms with van der Waals surface area (Å²) in [7, 11) is 2.03. The summed E-state index contributed by atoms with van der Waals surface area (Å²) < 4.78 is 2.11. The van der Waals surface area contributed by atoms with Crippen LogP contribution in [-0.2, 0) is 7.05 Å². The number of fused-ring (bicyclic) bond motifs is 1. The Morgan fingerprint density at radius 3 is 2.79 bits per heavy atom. The van der Waals surface area contributed by atoms with Crippen molar-refractivity contribution in [2.24, 2.45) is 7.05 Å². The second-order valence-corrected chi connectivity index (χ2v) is 7.33. The van der Waals surface area contributed by atoms with Gasteiger partial charge in [0.15, 0.2) is 0 Å². The van der Waals surface area contributed by atoms with Gasteiger partial charge >= 0.3 is 6.03 Å². The highest BCUT2D eigenvalue weighted by molar-refractivity contribution is 6.30. The molecular weight excluding hydrogens is 384 g/mol. The molecule has 0 saturated carbocycles. The zero-order valence-corrected chi connectivity index (χ0v) is 16.7. The monoisotopic (exact) mass is 404 g/mol. The molecule has 146 valence electrons. The predicted octanol–water partition coefficient (Wildman–Crippen LogP) is 5.18. The molecule has 0 aliphatic carbocycles. The van der Waals surface area contributed by atoms with E-state index in [1.54, 1.807) is 30.5 Å². The Morgan fingerprint density at radius 1 is 1.14 bits per heavy atom. The Balaban J connectivity index is 1.59. The summed E-state index contributed by atoms with van der Waals surface area (Å²) in [6.45, 7) is 0.437. The summed E-state index contributed by atoms with van der Waals surface area (Å²) in [5, 5.41) is 7.56. The molecule has 2 N–H and O–H groups in total. The van der Waals surface area contributed by atoms with Crippen LogP contribution in [0.2, 0.25) is 5.02 Å². The van der Waals surface area contributed by atoms with Crippen LogP contribution in [0, 0.1) is 0 Å². The highest BCUT2D eigenvalue weighted by Gasteiger charge is 2.20. The third-order valence-electron chi connectivity index (χ3n) is 4.94. The van der Waals surface area contributed by atoms with Gasteiger partial charge in [-0.15, -0.1) is 0 Å². The largest absolute Gasteiger partial charge is 0.350 e. The van der Waals surface area contributed by atoms with Crippen LogP contribution in [0.25, 0.3) is 10.9 Å². The van der Waals surface area contributed by atoms with E-state index in [4.69, 9.17) is 11.6 Å². The minimum atomic E-state index is -0.276. The number of rotatable bonds is 5. The molecular formula is C23H21ClN4O. The van der Waals surface area contributed by atoms with Crippen LogP contribution in [0.5, 0.6) is 0 Å².